The molecule has 8 nitrogen and oxygen atoms in total. The molecule has 1 aliphatic rings. The second-order valence-electron chi connectivity index (χ2n) is 7.48. The summed E-state index contributed by atoms with van der Waals surface area (Å²) in [4.78, 5) is 35.1. The average Bonchev–Trinajstić information content (AvgIpc) is 3.22. The summed E-state index contributed by atoms with van der Waals surface area (Å²) >= 11 is 0. The molecule has 0 aliphatic carbocycles. The second-order valence-corrected chi connectivity index (χ2v) is 7.48. The van der Waals surface area contributed by atoms with Gasteiger partial charge in [-0.15, -0.1) is 0 Å². The van der Waals surface area contributed by atoms with Gasteiger partial charge in [0.25, 0.3) is 5.91 Å². The molecule has 4 aromatic rings. The van der Waals surface area contributed by atoms with Crippen molar-refractivity contribution >= 4 is 17.4 Å². The lowest BCUT2D eigenvalue weighted by molar-refractivity contribution is 0.0725. The number of fused-ring (bicyclic) bond motifs is 2. The van der Waals surface area contributed by atoms with Gasteiger partial charge in [0.2, 0.25) is 0 Å². The van der Waals surface area contributed by atoms with E-state index in [0.717, 1.165) is 28.3 Å². The van der Waals surface area contributed by atoms with Gasteiger partial charge >= 0.3 is 0 Å². The Morgan fingerprint density at radius 3 is 2.73 bits per heavy atom. The molecule has 1 aliphatic heterocycles. The Bertz CT molecular complexity index is 1230. The normalized spacial score (nSPS) is 13.3. The van der Waals surface area contributed by atoms with Crippen molar-refractivity contribution in [1.82, 2.24) is 29.2 Å². The maximum atomic E-state index is 13.3. The number of hydrogen-bond donors (Lipinski definition) is 0. The third-order valence-electron chi connectivity index (χ3n) is 5.33. The lowest BCUT2D eigenvalue weighted by atomic mass is 10.0. The van der Waals surface area contributed by atoms with Crippen molar-refractivity contribution in [3.63, 3.8) is 0 Å². The maximum Gasteiger partial charge on any atom is 0.272 e. The Morgan fingerprint density at radius 1 is 1.10 bits per heavy atom. The summed E-state index contributed by atoms with van der Waals surface area (Å²) in [7, 11) is 3.96. The lowest BCUT2D eigenvalue weighted by Crippen LogP contribution is -2.38. The fourth-order valence-corrected chi connectivity index (χ4v) is 3.84. The smallest absolute Gasteiger partial charge is 0.272 e. The molecule has 4 aromatic heterocycles. The van der Waals surface area contributed by atoms with Crippen LogP contribution in [0.15, 0.2) is 55.1 Å². The molecule has 0 fully saturated rings. The first-order chi connectivity index (χ1) is 14.6. The zero-order chi connectivity index (χ0) is 20.7. The molecule has 5 rings (SSSR count). The topological polar surface area (TPSA) is 79.5 Å². The van der Waals surface area contributed by atoms with E-state index in [1.807, 2.05) is 64.8 Å². The summed E-state index contributed by atoms with van der Waals surface area (Å²) in [6.07, 6.45) is 7.67. The van der Waals surface area contributed by atoms with Gasteiger partial charge < -0.3 is 9.80 Å². The molecule has 0 saturated heterocycles. The van der Waals surface area contributed by atoms with E-state index in [9.17, 15) is 4.79 Å². The zero-order valence-electron chi connectivity index (χ0n) is 16.9. The van der Waals surface area contributed by atoms with Crippen molar-refractivity contribution in [1.29, 1.82) is 0 Å². The van der Waals surface area contributed by atoms with Crippen LogP contribution in [-0.4, -0.2) is 55.8 Å². The summed E-state index contributed by atoms with van der Waals surface area (Å²) in [5.41, 5.74) is 4.20. The van der Waals surface area contributed by atoms with E-state index in [0.29, 0.717) is 31.0 Å². The molecule has 0 spiro atoms. The summed E-state index contributed by atoms with van der Waals surface area (Å²) in [6.45, 7) is 1.06. The van der Waals surface area contributed by atoms with Crippen LogP contribution >= 0.6 is 0 Å². The molecule has 5 heterocycles. The largest absolute Gasteiger partial charge is 0.362 e. The lowest BCUT2D eigenvalue weighted by Gasteiger charge is -2.30. The van der Waals surface area contributed by atoms with Gasteiger partial charge in [0.1, 0.15) is 17.2 Å². The molecule has 0 saturated carbocycles. The predicted octanol–water partition coefficient (Wildman–Crippen LogP) is 2.45. The molecule has 0 radical (unpaired) electrons. The van der Waals surface area contributed by atoms with Gasteiger partial charge in [-0.3, -0.25) is 14.2 Å². The molecular formula is C22H21N7O. The number of carbonyl (C=O) groups excluding carboxylic acids is 1. The molecule has 30 heavy (non-hydrogen) atoms. The summed E-state index contributed by atoms with van der Waals surface area (Å²) in [6, 6.07) is 9.49. The summed E-state index contributed by atoms with van der Waals surface area (Å²) < 4.78 is 1.82. The quantitative estimate of drug-likeness (QED) is 0.527. The highest BCUT2D eigenvalue weighted by molar-refractivity contribution is 5.93. The van der Waals surface area contributed by atoms with E-state index in [1.54, 1.807) is 18.6 Å². The highest BCUT2D eigenvalue weighted by Gasteiger charge is 2.28. The third kappa shape index (κ3) is 3.06. The molecule has 8 heteroatoms. The van der Waals surface area contributed by atoms with E-state index in [1.165, 1.54) is 0 Å². The first-order valence-corrected chi connectivity index (χ1v) is 9.80. The van der Waals surface area contributed by atoms with Crippen molar-refractivity contribution in [2.75, 3.05) is 25.5 Å². The van der Waals surface area contributed by atoms with Crippen molar-refractivity contribution in [2.24, 2.45) is 0 Å². The van der Waals surface area contributed by atoms with Crippen LogP contribution in [0.2, 0.25) is 0 Å². The van der Waals surface area contributed by atoms with E-state index in [4.69, 9.17) is 9.97 Å². The zero-order valence-corrected chi connectivity index (χ0v) is 16.9. The molecule has 0 bridgehead atoms. The number of imidazole rings is 1. The van der Waals surface area contributed by atoms with Crippen LogP contribution in [0.5, 0.6) is 0 Å². The highest BCUT2D eigenvalue weighted by atomic mass is 16.2. The maximum absolute atomic E-state index is 13.3. The number of carbonyl (C=O) groups is 1. The predicted molar refractivity (Wildman–Crippen MR) is 113 cm³/mol. The summed E-state index contributed by atoms with van der Waals surface area (Å²) in [5.74, 6) is 1.49. The van der Waals surface area contributed by atoms with Crippen molar-refractivity contribution in [3.8, 4) is 11.4 Å². The fourth-order valence-electron chi connectivity index (χ4n) is 3.84. The van der Waals surface area contributed by atoms with Gasteiger partial charge in [0.15, 0.2) is 5.82 Å². The van der Waals surface area contributed by atoms with Crippen molar-refractivity contribution < 1.29 is 4.79 Å². The van der Waals surface area contributed by atoms with Crippen LogP contribution in [0, 0.1) is 0 Å². The van der Waals surface area contributed by atoms with Crippen LogP contribution in [0.25, 0.3) is 17.0 Å². The SMILES string of the molecule is CN(C)c1nc(-c2ccncc2)nc2c1CCN(C(=O)c1cnc3ccccn13)C2. The van der Waals surface area contributed by atoms with Crippen LogP contribution in [0.1, 0.15) is 21.7 Å². The number of anilines is 1. The minimum Gasteiger partial charge on any atom is -0.362 e. The highest BCUT2D eigenvalue weighted by Crippen LogP contribution is 2.29. The van der Waals surface area contributed by atoms with Crippen LogP contribution in [-0.2, 0) is 13.0 Å². The Morgan fingerprint density at radius 2 is 1.93 bits per heavy atom. The van der Waals surface area contributed by atoms with E-state index < -0.39 is 0 Å². The monoisotopic (exact) mass is 399 g/mol. The number of rotatable bonds is 3. The molecule has 0 atom stereocenters. The van der Waals surface area contributed by atoms with E-state index in [-0.39, 0.29) is 5.91 Å². The minimum atomic E-state index is -0.0465. The van der Waals surface area contributed by atoms with E-state index in [2.05, 4.69) is 9.97 Å². The van der Waals surface area contributed by atoms with Gasteiger partial charge in [-0.05, 0) is 30.7 Å². The van der Waals surface area contributed by atoms with Crippen LogP contribution in [0.3, 0.4) is 0 Å². The Balaban J connectivity index is 1.52. The van der Waals surface area contributed by atoms with Gasteiger partial charge in [-0.1, -0.05) is 6.07 Å². The van der Waals surface area contributed by atoms with Gasteiger partial charge in [0.05, 0.1) is 18.4 Å². The molecule has 0 aromatic carbocycles. The van der Waals surface area contributed by atoms with Gasteiger partial charge in [-0.25, -0.2) is 15.0 Å². The standard InChI is InChI=1S/C22H21N7O/c1-27(2)21-16-8-12-28(22(30)18-13-24-19-5-3-4-11-29(18)19)14-17(16)25-20(26-21)15-6-9-23-10-7-15/h3-7,9-11,13H,8,12,14H2,1-2H3. The molecule has 0 N–H and O–H groups in total. The average molecular weight is 399 g/mol. The van der Waals surface area contributed by atoms with Gasteiger partial charge in [0, 0.05) is 50.4 Å². The van der Waals surface area contributed by atoms with Crippen molar-refractivity contribution in [2.45, 2.75) is 13.0 Å². The Hall–Kier alpha value is -3.81. The number of aromatic nitrogens is 5. The van der Waals surface area contributed by atoms with Crippen molar-refractivity contribution in [3.05, 3.63) is 72.1 Å². The minimum absolute atomic E-state index is 0.0465. The number of hydrogen-bond acceptors (Lipinski definition) is 6. The van der Waals surface area contributed by atoms with Crippen LogP contribution in [0.4, 0.5) is 5.82 Å². The van der Waals surface area contributed by atoms with Crippen LogP contribution < -0.4 is 4.90 Å². The Kier molecular flexibility index (Phi) is 4.39. The molecule has 150 valence electrons. The number of pyridine rings is 2. The number of amides is 1. The Labute approximate surface area is 173 Å². The van der Waals surface area contributed by atoms with E-state index >= 15 is 0 Å². The molecule has 0 unspecified atom stereocenters. The van der Waals surface area contributed by atoms with Gasteiger partial charge in [-0.2, -0.15) is 0 Å². The fraction of sp³-hybridized carbons (Fsp3) is 0.227. The first kappa shape index (κ1) is 18.2. The molecular weight excluding hydrogens is 378 g/mol. The summed E-state index contributed by atoms with van der Waals surface area (Å²) in [5, 5.41) is 0. The molecule has 1 amide bonds. The second kappa shape index (κ2) is 7.22. The third-order valence-corrected chi connectivity index (χ3v) is 5.33. The number of nitrogens with zero attached hydrogens (tertiary/aromatic N) is 7. The first-order valence-electron chi connectivity index (χ1n) is 9.80.